The highest BCUT2D eigenvalue weighted by molar-refractivity contribution is 5.94. The van der Waals surface area contributed by atoms with Gasteiger partial charge in [0, 0.05) is 42.7 Å². The van der Waals surface area contributed by atoms with E-state index in [-0.39, 0.29) is 23.0 Å². The lowest BCUT2D eigenvalue weighted by Crippen LogP contribution is -2.34. The summed E-state index contributed by atoms with van der Waals surface area (Å²) < 4.78 is 15.7. The number of fused-ring (bicyclic) bond motifs is 1. The number of halogens is 1. The summed E-state index contributed by atoms with van der Waals surface area (Å²) in [5.74, 6) is -0.299. The van der Waals surface area contributed by atoms with Crippen molar-refractivity contribution in [1.29, 1.82) is 0 Å². The summed E-state index contributed by atoms with van der Waals surface area (Å²) in [6.45, 7) is 3.73. The van der Waals surface area contributed by atoms with E-state index in [1.807, 2.05) is 17.9 Å². The van der Waals surface area contributed by atoms with E-state index in [4.69, 9.17) is 0 Å². The van der Waals surface area contributed by atoms with Crippen molar-refractivity contribution in [1.82, 2.24) is 20.0 Å². The quantitative estimate of drug-likeness (QED) is 0.866. The lowest BCUT2D eigenvalue weighted by molar-refractivity contribution is -0.119. The van der Waals surface area contributed by atoms with E-state index in [2.05, 4.69) is 10.4 Å². The molecule has 1 atom stereocenters. The van der Waals surface area contributed by atoms with Crippen LogP contribution in [0.1, 0.15) is 46.6 Å². The van der Waals surface area contributed by atoms with Crippen molar-refractivity contribution >= 4 is 11.8 Å². The predicted molar refractivity (Wildman–Crippen MR) is 101 cm³/mol. The minimum Gasteiger partial charge on any atom is -0.355 e. The number of amides is 2. The molecule has 1 unspecified atom stereocenters. The number of benzene rings is 1. The first-order valence-corrected chi connectivity index (χ1v) is 9.88. The van der Waals surface area contributed by atoms with E-state index >= 15 is 0 Å². The molecule has 1 spiro atoms. The topological polar surface area (TPSA) is 67.2 Å². The SMILES string of the molecule is Cc1cc(F)cc(-n2nc(C(=O)N3CCC4(CNC(=O)C4)C3)c3c2CCC3)c1. The van der Waals surface area contributed by atoms with E-state index < -0.39 is 0 Å². The van der Waals surface area contributed by atoms with Crippen LogP contribution < -0.4 is 5.32 Å². The van der Waals surface area contributed by atoms with Crippen molar-refractivity contribution in [3.05, 3.63) is 46.5 Å². The Morgan fingerprint density at radius 3 is 2.89 bits per heavy atom. The lowest BCUT2D eigenvalue weighted by Gasteiger charge is -2.21. The first-order chi connectivity index (χ1) is 13.4. The Hall–Kier alpha value is -2.70. The van der Waals surface area contributed by atoms with Crippen LogP contribution in [0.3, 0.4) is 0 Å². The third-order valence-electron chi connectivity index (χ3n) is 6.33. The number of likely N-dealkylation sites (tertiary alicyclic amines) is 1. The van der Waals surface area contributed by atoms with Gasteiger partial charge in [-0.2, -0.15) is 5.10 Å². The van der Waals surface area contributed by atoms with Gasteiger partial charge in [-0.3, -0.25) is 9.59 Å². The lowest BCUT2D eigenvalue weighted by atomic mass is 9.86. The summed E-state index contributed by atoms with van der Waals surface area (Å²) in [4.78, 5) is 26.8. The van der Waals surface area contributed by atoms with E-state index in [1.165, 1.54) is 12.1 Å². The Kier molecular flexibility index (Phi) is 3.82. The normalized spacial score (nSPS) is 23.5. The van der Waals surface area contributed by atoms with Crippen molar-refractivity contribution in [2.45, 2.75) is 39.0 Å². The number of nitrogens with one attached hydrogen (secondary N) is 1. The number of hydrogen-bond acceptors (Lipinski definition) is 3. The Balaban J connectivity index is 1.48. The van der Waals surface area contributed by atoms with Crippen LogP contribution in [0.25, 0.3) is 5.69 Å². The number of hydrogen-bond donors (Lipinski definition) is 1. The third kappa shape index (κ3) is 2.72. The summed E-state index contributed by atoms with van der Waals surface area (Å²) in [6.07, 6.45) is 3.97. The Bertz CT molecular complexity index is 978. The zero-order chi connectivity index (χ0) is 19.5. The number of rotatable bonds is 2. The van der Waals surface area contributed by atoms with Crippen LogP contribution in [-0.2, 0) is 17.6 Å². The van der Waals surface area contributed by atoms with Crippen LogP contribution in [0.5, 0.6) is 0 Å². The van der Waals surface area contributed by atoms with Gasteiger partial charge in [0.15, 0.2) is 5.69 Å². The van der Waals surface area contributed by atoms with Crippen LogP contribution in [0.4, 0.5) is 4.39 Å². The van der Waals surface area contributed by atoms with Gasteiger partial charge < -0.3 is 10.2 Å². The first-order valence-electron chi connectivity index (χ1n) is 9.88. The highest BCUT2D eigenvalue weighted by Gasteiger charge is 2.46. The molecule has 1 aromatic carbocycles. The number of nitrogens with zero attached hydrogens (tertiary/aromatic N) is 3. The van der Waals surface area contributed by atoms with Gasteiger partial charge in [-0.25, -0.2) is 9.07 Å². The Labute approximate surface area is 162 Å². The maximum absolute atomic E-state index is 13.9. The van der Waals surface area contributed by atoms with Gasteiger partial charge in [0.25, 0.3) is 5.91 Å². The van der Waals surface area contributed by atoms with E-state index in [1.54, 1.807) is 4.68 Å². The molecule has 3 heterocycles. The van der Waals surface area contributed by atoms with Crippen LogP contribution in [-0.4, -0.2) is 46.1 Å². The summed E-state index contributed by atoms with van der Waals surface area (Å²) in [5.41, 5.74) is 3.86. The molecule has 0 saturated carbocycles. The zero-order valence-corrected chi connectivity index (χ0v) is 15.9. The summed E-state index contributed by atoms with van der Waals surface area (Å²) in [6, 6.07) is 4.84. The molecule has 1 N–H and O–H groups in total. The molecule has 1 aromatic heterocycles. The van der Waals surface area contributed by atoms with Gasteiger partial charge in [0.1, 0.15) is 5.82 Å². The van der Waals surface area contributed by atoms with Crippen molar-refractivity contribution in [2.75, 3.05) is 19.6 Å². The third-order valence-corrected chi connectivity index (χ3v) is 6.33. The zero-order valence-electron chi connectivity index (χ0n) is 15.9. The second-order valence-corrected chi connectivity index (χ2v) is 8.46. The fourth-order valence-electron chi connectivity index (χ4n) is 4.96. The fourth-order valence-corrected chi connectivity index (χ4v) is 4.96. The number of aromatic nitrogens is 2. The second-order valence-electron chi connectivity index (χ2n) is 8.46. The van der Waals surface area contributed by atoms with Gasteiger partial charge in [-0.15, -0.1) is 0 Å². The van der Waals surface area contributed by atoms with Gasteiger partial charge in [0.2, 0.25) is 5.91 Å². The molecule has 6 nitrogen and oxygen atoms in total. The van der Waals surface area contributed by atoms with E-state index in [0.717, 1.165) is 42.5 Å². The molecule has 0 bridgehead atoms. The maximum atomic E-state index is 13.9. The summed E-state index contributed by atoms with van der Waals surface area (Å²) in [5, 5.41) is 7.53. The molecule has 1 aliphatic carbocycles. The largest absolute Gasteiger partial charge is 0.355 e. The minimum absolute atomic E-state index is 0.0683. The molecule has 2 saturated heterocycles. The molecule has 7 heteroatoms. The number of aryl methyl sites for hydroxylation is 1. The van der Waals surface area contributed by atoms with E-state index in [0.29, 0.717) is 37.4 Å². The highest BCUT2D eigenvalue weighted by atomic mass is 19.1. The molecule has 2 aliphatic heterocycles. The smallest absolute Gasteiger partial charge is 0.274 e. The molecule has 0 radical (unpaired) electrons. The van der Waals surface area contributed by atoms with Gasteiger partial charge >= 0.3 is 0 Å². The van der Waals surface area contributed by atoms with Crippen LogP contribution >= 0.6 is 0 Å². The average Bonchev–Trinajstić information content (AvgIpc) is 3.39. The van der Waals surface area contributed by atoms with Crippen LogP contribution in [0.15, 0.2) is 18.2 Å². The molecular weight excluding hydrogens is 359 g/mol. The van der Waals surface area contributed by atoms with E-state index in [9.17, 15) is 14.0 Å². The minimum atomic E-state index is -0.301. The highest BCUT2D eigenvalue weighted by Crippen LogP contribution is 2.38. The average molecular weight is 382 g/mol. The van der Waals surface area contributed by atoms with Crippen molar-refractivity contribution in [3.63, 3.8) is 0 Å². The Morgan fingerprint density at radius 2 is 2.14 bits per heavy atom. The predicted octanol–water partition coefficient (Wildman–Crippen LogP) is 2.16. The molecular formula is C21H23FN4O2. The van der Waals surface area contributed by atoms with Crippen molar-refractivity contribution < 1.29 is 14.0 Å². The molecule has 5 rings (SSSR count). The van der Waals surface area contributed by atoms with Crippen LogP contribution in [0.2, 0.25) is 0 Å². The standard InChI is InChI=1S/C21H23FN4O2/c1-13-7-14(22)9-15(8-13)26-17-4-2-3-16(17)19(24-26)20(28)25-6-5-21(12-25)10-18(27)23-11-21/h7-9H,2-6,10-12H2,1H3,(H,23,27). The molecule has 3 aliphatic rings. The summed E-state index contributed by atoms with van der Waals surface area (Å²) in [7, 11) is 0. The maximum Gasteiger partial charge on any atom is 0.274 e. The number of carbonyl (C=O) groups excluding carboxylic acids is 2. The van der Waals surface area contributed by atoms with Gasteiger partial charge in [-0.05, 0) is 56.4 Å². The first kappa shape index (κ1) is 17.4. The molecule has 28 heavy (non-hydrogen) atoms. The summed E-state index contributed by atoms with van der Waals surface area (Å²) >= 11 is 0. The van der Waals surface area contributed by atoms with Crippen molar-refractivity contribution in [2.24, 2.45) is 5.41 Å². The second kappa shape index (κ2) is 6.15. The molecule has 2 amide bonds. The van der Waals surface area contributed by atoms with Crippen molar-refractivity contribution in [3.8, 4) is 5.69 Å². The van der Waals surface area contributed by atoms with Gasteiger partial charge in [-0.1, -0.05) is 0 Å². The Morgan fingerprint density at radius 1 is 1.29 bits per heavy atom. The molecule has 146 valence electrons. The van der Waals surface area contributed by atoms with Gasteiger partial charge in [0.05, 0.1) is 5.69 Å². The number of carbonyl (C=O) groups is 2. The molecule has 2 aromatic rings. The fraction of sp³-hybridized carbons (Fsp3) is 0.476. The monoisotopic (exact) mass is 382 g/mol. The van der Waals surface area contributed by atoms with Crippen LogP contribution in [0, 0.1) is 18.2 Å². The molecule has 2 fully saturated rings.